The zero-order chi connectivity index (χ0) is 16.8. The van der Waals surface area contributed by atoms with Gasteiger partial charge in [0.05, 0.1) is 12.9 Å². The number of aliphatic hydroxyl groups is 2. The molecule has 1 aliphatic heterocycles. The molecule has 23 heavy (non-hydrogen) atoms. The van der Waals surface area contributed by atoms with Crippen molar-refractivity contribution in [1.29, 1.82) is 0 Å². The third-order valence-corrected chi connectivity index (χ3v) is 3.75. The average Bonchev–Trinajstić information content (AvgIpc) is 3.03. The maximum absolute atomic E-state index is 14.6. The molecule has 0 saturated carbocycles. The standard InChI is InChI=1S/C13H15FN6O3/c1-2-3-13(4-21)8(22)6(14)11(23-13)20-5-17-7-9(15)18-12(16)19-10(7)20/h3,5-6,8,11,21-22H,1,4H2,(H4,15,16,18,19)/t6-,8+,11-,13-/m1/s1. The molecule has 0 aliphatic carbocycles. The average molecular weight is 322 g/mol. The summed E-state index contributed by atoms with van der Waals surface area (Å²) in [6, 6.07) is 0. The Bertz CT molecular complexity index is 804. The van der Waals surface area contributed by atoms with Gasteiger partial charge in [-0.1, -0.05) is 6.58 Å². The number of rotatable bonds is 3. The van der Waals surface area contributed by atoms with Gasteiger partial charge in [-0.15, -0.1) is 5.73 Å². The maximum atomic E-state index is 14.6. The number of ether oxygens (including phenoxy) is 1. The second kappa shape index (κ2) is 5.28. The lowest BCUT2D eigenvalue weighted by Crippen LogP contribution is -2.43. The van der Waals surface area contributed by atoms with Crippen molar-refractivity contribution < 1.29 is 19.3 Å². The zero-order valence-electron chi connectivity index (χ0n) is 11.9. The van der Waals surface area contributed by atoms with Crippen molar-refractivity contribution in [2.24, 2.45) is 0 Å². The smallest absolute Gasteiger partial charge is 0.224 e. The van der Waals surface area contributed by atoms with Gasteiger partial charge in [0.25, 0.3) is 0 Å². The first-order chi connectivity index (χ1) is 10.9. The van der Waals surface area contributed by atoms with Crippen LogP contribution in [0.1, 0.15) is 6.23 Å². The highest BCUT2D eigenvalue weighted by molar-refractivity contribution is 5.82. The predicted molar refractivity (Wildman–Crippen MR) is 78.7 cm³/mol. The first-order valence-corrected chi connectivity index (χ1v) is 6.67. The van der Waals surface area contributed by atoms with Gasteiger partial charge in [-0.3, -0.25) is 4.57 Å². The van der Waals surface area contributed by atoms with Gasteiger partial charge < -0.3 is 26.4 Å². The number of hydrogen-bond acceptors (Lipinski definition) is 8. The van der Waals surface area contributed by atoms with E-state index in [0.717, 1.165) is 0 Å². The third kappa shape index (κ3) is 2.16. The van der Waals surface area contributed by atoms with Crippen LogP contribution in [-0.2, 0) is 4.74 Å². The third-order valence-electron chi connectivity index (χ3n) is 3.75. The van der Waals surface area contributed by atoms with Crippen LogP contribution >= 0.6 is 0 Å². The first kappa shape index (κ1) is 15.4. The molecule has 0 bridgehead atoms. The number of nitrogens with two attached hydrogens (primary N) is 2. The SMILES string of the molecule is C=C=C[C@]1(CO)O[C@@H](n2cnc3c(N)nc(N)nc32)[C@H](F)[C@@H]1O. The monoisotopic (exact) mass is 322 g/mol. The molecule has 0 spiro atoms. The largest absolute Gasteiger partial charge is 0.393 e. The Morgan fingerprint density at radius 2 is 2.26 bits per heavy atom. The molecule has 0 radical (unpaired) electrons. The van der Waals surface area contributed by atoms with Crippen LogP contribution < -0.4 is 11.5 Å². The second-order valence-electron chi connectivity index (χ2n) is 5.15. The summed E-state index contributed by atoms with van der Waals surface area (Å²) in [5.74, 6) is -0.0651. The van der Waals surface area contributed by atoms with E-state index >= 15 is 0 Å². The van der Waals surface area contributed by atoms with E-state index < -0.39 is 30.7 Å². The molecule has 2 aromatic heterocycles. The molecule has 1 aliphatic rings. The van der Waals surface area contributed by atoms with Gasteiger partial charge in [0.1, 0.15) is 17.2 Å². The van der Waals surface area contributed by atoms with E-state index in [-0.39, 0.29) is 22.9 Å². The van der Waals surface area contributed by atoms with Gasteiger partial charge in [0, 0.05) is 0 Å². The van der Waals surface area contributed by atoms with Gasteiger partial charge in [-0.05, 0) is 6.08 Å². The molecular weight excluding hydrogens is 307 g/mol. The number of halogens is 1. The molecule has 9 nitrogen and oxygen atoms in total. The van der Waals surface area contributed by atoms with Gasteiger partial charge >= 0.3 is 0 Å². The van der Waals surface area contributed by atoms with Crippen molar-refractivity contribution in [3.05, 3.63) is 24.7 Å². The minimum absolute atomic E-state index is 0.0413. The summed E-state index contributed by atoms with van der Waals surface area (Å²) in [5.41, 5.74) is 12.4. The fourth-order valence-corrected chi connectivity index (χ4v) is 2.61. The lowest BCUT2D eigenvalue weighted by molar-refractivity contribution is -0.0961. The van der Waals surface area contributed by atoms with Gasteiger partial charge in [0.15, 0.2) is 23.9 Å². The molecule has 3 heterocycles. The highest BCUT2D eigenvalue weighted by Gasteiger charge is 2.55. The van der Waals surface area contributed by atoms with Crippen LogP contribution in [0.2, 0.25) is 0 Å². The van der Waals surface area contributed by atoms with Crippen LogP contribution in [0.4, 0.5) is 16.2 Å². The topological polar surface area (TPSA) is 145 Å². The van der Waals surface area contributed by atoms with Gasteiger partial charge in [-0.25, -0.2) is 9.37 Å². The van der Waals surface area contributed by atoms with Crippen molar-refractivity contribution >= 4 is 22.9 Å². The summed E-state index contributed by atoms with van der Waals surface area (Å²) >= 11 is 0. The Morgan fingerprint density at radius 3 is 2.91 bits per heavy atom. The molecule has 1 saturated heterocycles. The Hall–Kier alpha value is -2.52. The van der Waals surface area contributed by atoms with Crippen molar-refractivity contribution in [3.63, 3.8) is 0 Å². The lowest BCUT2D eigenvalue weighted by atomic mass is 9.97. The van der Waals surface area contributed by atoms with Crippen molar-refractivity contribution in [2.45, 2.75) is 24.1 Å². The molecule has 1 fully saturated rings. The molecule has 0 unspecified atom stereocenters. The molecule has 2 aromatic rings. The van der Waals surface area contributed by atoms with Crippen LogP contribution in [0.5, 0.6) is 0 Å². The molecule has 0 aromatic carbocycles. The first-order valence-electron chi connectivity index (χ1n) is 6.67. The van der Waals surface area contributed by atoms with Crippen molar-refractivity contribution in [2.75, 3.05) is 18.1 Å². The summed E-state index contributed by atoms with van der Waals surface area (Å²) in [4.78, 5) is 11.8. The summed E-state index contributed by atoms with van der Waals surface area (Å²) in [6.45, 7) is 2.71. The Labute approximate surface area is 129 Å². The molecule has 122 valence electrons. The summed E-state index contributed by atoms with van der Waals surface area (Å²) in [7, 11) is 0. The quantitative estimate of drug-likeness (QED) is 0.542. The van der Waals surface area contributed by atoms with Gasteiger partial charge in [0.2, 0.25) is 5.95 Å². The van der Waals surface area contributed by atoms with Crippen LogP contribution in [0.3, 0.4) is 0 Å². The Kier molecular flexibility index (Phi) is 3.53. The van der Waals surface area contributed by atoms with Gasteiger partial charge in [-0.2, -0.15) is 9.97 Å². The van der Waals surface area contributed by atoms with Crippen LogP contribution in [0, 0.1) is 0 Å². The number of anilines is 2. The summed E-state index contributed by atoms with van der Waals surface area (Å²) < 4.78 is 21.4. The van der Waals surface area contributed by atoms with Crippen molar-refractivity contribution in [3.8, 4) is 0 Å². The number of alkyl halides is 1. The number of hydrogen-bond donors (Lipinski definition) is 4. The van der Waals surface area contributed by atoms with E-state index in [1.807, 2.05) is 0 Å². The Morgan fingerprint density at radius 1 is 1.52 bits per heavy atom. The van der Waals surface area contributed by atoms with Crippen LogP contribution in [0.15, 0.2) is 24.7 Å². The number of imidazole rings is 1. The molecule has 0 amide bonds. The van der Waals surface area contributed by atoms with E-state index in [1.54, 1.807) is 0 Å². The second-order valence-corrected chi connectivity index (χ2v) is 5.15. The van der Waals surface area contributed by atoms with E-state index in [1.165, 1.54) is 17.0 Å². The highest BCUT2D eigenvalue weighted by Crippen LogP contribution is 2.40. The molecular formula is C13H15FN6O3. The summed E-state index contributed by atoms with van der Waals surface area (Å²) in [6.07, 6.45) is -2.34. The number of fused-ring (bicyclic) bond motifs is 1. The van der Waals surface area contributed by atoms with E-state index in [9.17, 15) is 14.6 Å². The number of aromatic nitrogens is 4. The molecule has 3 rings (SSSR count). The number of nitrogens with zero attached hydrogens (tertiary/aromatic N) is 4. The molecule has 6 N–H and O–H groups in total. The van der Waals surface area contributed by atoms with E-state index in [4.69, 9.17) is 16.2 Å². The molecule has 4 atom stereocenters. The number of aliphatic hydroxyl groups excluding tert-OH is 2. The van der Waals surface area contributed by atoms with Crippen LogP contribution in [0.25, 0.3) is 11.2 Å². The lowest BCUT2D eigenvalue weighted by Gasteiger charge is -2.25. The van der Waals surface area contributed by atoms with Crippen LogP contribution in [-0.4, -0.2) is 54.2 Å². The highest BCUT2D eigenvalue weighted by atomic mass is 19.1. The fraction of sp³-hybridized carbons (Fsp3) is 0.385. The normalized spacial score (nSPS) is 30.5. The van der Waals surface area contributed by atoms with E-state index in [2.05, 4.69) is 27.3 Å². The zero-order valence-corrected chi connectivity index (χ0v) is 11.9. The summed E-state index contributed by atoms with van der Waals surface area (Å²) in [5, 5.41) is 19.6. The van der Waals surface area contributed by atoms with Crippen molar-refractivity contribution in [1.82, 2.24) is 19.5 Å². The predicted octanol–water partition coefficient (Wildman–Crippen LogP) is -0.709. The minimum Gasteiger partial charge on any atom is -0.393 e. The molecule has 10 heteroatoms. The maximum Gasteiger partial charge on any atom is 0.224 e. The van der Waals surface area contributed by atoms with E-state index in [0.29, 0.717) is 0 Å². The fourth-order valence-electron chi connectivity index (χ4n) is 2.61. The number of nitrogen functional groups attached to an aromatic ring is 2. The Balaban J connectivity index is 2.11. The minimum atomic E-state index is -1.86.